The maximum atomic E-state index is 13.1. The minimum Gasteiger partial charge on any atom is -0.378 e. The minimum absolute atomic E-state index is 0.0707. The fourth-order valence-corrected chi connectivity index (χ4v) is 3.45. The van der Waals surface area contributed by atoms with Gasteiger partial charge in [-0.15, -0.1) is 0 Å². The van der Waals surface area contributed by atoms with Crippen molar-refractivity contribution in [2.24, 2.45) is 0 Å². The van der Waals surface area contributed by atoms with E-state index in [0.717, 1.165) is 12.8 Å². The first kappa shape index (κ1) is 18.3. The van der Waals surface area contributed by atoms with Crippen LogP contribution in [0.25, 0.3) is 0 Å². The second-order valence-electron chi connectivity index (χ2n) is 6.90. The van der Waals surface area contributed by atoms with E-state index in [1.807, 2.05) is 18.2 Å². The van der Waals surface area contributed by atoms with Gasteiger partial charge in [0.15, 0.2) is 11.9 Å². The van der Waals surface area contributed by atoms with E-state index in [9.17, 15) is 14.3 Å². The molecule has 6 nitrogen and oxygen atoms in total. The number of likely N-dealkylation sites (tertiary alicyclic amines) is 1. The van der Waals surface area contributed by atoms with Crippen LogP contribution >= 0.6 is 0 Å². The molecule has 1 amide bonds. The first-order chi connectivity index (χ1) is 13.6. The van der Waals surface area contributed by atoms with E-state index in [-0.39, 0.29) is 23.5 Å². The van der Waals surface area contributed by atoms with Gasteiger partial charge in [0, 0.05) is 24.6 Å². The molecule has 7 heteroatoms. The van der Waals surface area contributed by atoms with Crippen molar-refractivity contribution < 1.29 is 18.8 Å². The maximum absolute atomic E-state index is 13.1. The van der Waals surface area contributed by atoms with E-state index >= 15 is 0 Å². The van der Waals surface area contributed by atoms with Crippen LogP contribution < -0.4 is 0 Å². The van der Waals surface area contributed by atoms with Crippen LogP contribution in [0.2, 0.25) is 0 Å². The molecule has 3 aromatic rings. The smallest absolute Gasteiger partial charge is 0.260 e. The van der Waals surface area contributed by atoms with Crippen LogP contribution in [0.3, 0.4) is 0 Å². The molecule has 1 aliphatic rings. The van der Waals surface area contributed by atoms with E-state index in [1.165, 1.54) is 24.3 Å². The third-order valence-corrected chi connectivity index (χ3v) is 4.97. The molecule has 2 aromatic carbocycles. The molecular weight excluding hydrogens is 361 g/mol. The molecule has 1 aromatic heterocycles. The predicted octanol–water partition coefficient (Wildman–Crippen LogP) is 3.31. The van der Waals surface area contributed by atoms with Crippen LogP contribution in [-0.2, 0) is 0 Å². The Morgan fingerprint density at radius 3 is 2.68 bits per heavy atom. The molecule has 0 bridgehead atoms. The lowest BCUT2D eigenvalue weighted by Gasteiger charge is -2.31. The first-order valence-corrected chi connectivity index (χ1v) is 9.23. The van der Waals surface area contributed by atoms with E-state index in [2.05, 4.69) is 10.1 Å². The van der Waals surface area contributed by atoms with Crippen molar-refractivity contribution in [1.82, 2.24) is 15.0 Å². The number of nitrogens with zero attached hydrogens (tertiary/aromatic N) is 3. The van der Waals surface area contributed by atoms with E-state index in [4.69, 9.17) is 4.52 Å². The highest BCUT2D eigenvalue weighted by Gasteiger charge is 2.29. The number of hydrogen-bond donors (Lipinski definition) is 1. The zero-order valence-electron chi connectivity index (χ0n) is 15.2. The molecule has 28 heavy (non-hydrogen) atoms. The SMILES string of the molecule is O=C(c1ccc(F)cc1)N1CCCC(c2noc([C@H](O)c3ccccc3)n2)C1. The van der Waals surface area contributed by atoms with Crippen molar-refractivity contribution in [2.45, 2.75) is 24.9 Å². The first-order valence-electron chi connectivity index (χ1n) is 9.23. The zero-order chi connectivity index (χ0) is 19.5. The zero-order valence-corrected chi connectivity index (χ0v) is 15.2. The van der Waals surface area contributed by atoms with Gasteiger partial charge in [-0.1, -0.05) is 35.5 Å². The van der Waals surface area contributed by atoms with Gasteiger partial charge < -0.3 is 14.5 Å². The standard InChI is InChI=1S/C21H20FN3O3/c22-17-10-8-15(9-11-17)21(27)25-12-4-7-16(13-25)19-23-20(28-24-19)18(26)14-5-2-1-3-6-14/h1-3,5-6,8-11,16,18,26H,4,7,12-13H2/t16?,18-/m1/s1. The largest absolute Gasteiger partial charge is 0.378 e. The second-order valence-corrected chi connectivity index (χ2v) is 6.90. The normalized spacial score (nSPS) is 18.1. The number of halogens is 1. The monoisotopic (exact) mass is 381 g/mol. The van der Waals surface area contributed by atoms with Crippen LogP contribution in [0.5, 0.6) is 0 Å². The van der Waals surface area contributed by atoms with E-state index in [1.54, 1.807) is 17.0 Å². The topological polar surface area (TPSA) is 79.5 Å². The van der Waals surface area contributed by atoms with Gasteiger partial charge in [0.2, 0.25) is 0 Å². The summed E-state index contributed by atoms with van der Waals surface area (Å²) in [5.41, 5.74) is 1.13. The Balaban J connectivity index is 1.47. The van der Waals surface area contributed by atoms with Crippen molar-refractivity contribution in [3.63, 3.8) is 0 Å². The molecule has 1 fully saturated rings. The molecule has 0 aliphatic carbocycles. The molecule has 1 N–H and O–H groups in total. The number of benzene rings is 2. The maximum Gasteiger partial charge on any atom is 0.260 e. The van der Waals surface area contributed by atoms with Gasteiger partial charge in [-0.2, -0.15) is 4.98 Å². The molecule has 1 saturated heterocycles. The summed E-state index contributed by atoms with van der Waals surface area (Å²) in [4.78, 5) is 18.8. The molecule has 2 heterocycles. The minimum atomic E-state index is -0.983. The number of aliphatic hydroxyl groups is 1. The number of carbonyl (C=O) groups excluding carboxylic acids is 1. The Morgan fingerprint density at radius 2 is 1.93 bits per heavy atom. The Morgan fingerprint density at radius 1 is 1.18 bits per heavy atom. The highest BCUT2D eigenvalue weighted by molar-refractivity contribution is 5.94. The molecule has 4 rings (SSSR count). The lowest BCUT2D eigenvalue weighted by molar-refractivity contribution is 0.0703. The number of rotatable bonds is 4. The predicted molar refractivity (Wildman–Crippen MR) is 99.1 cm³/mol. The number of hydrogen-bond acceptors (Lipinski definition) is 5. The van der Waals surface area contributed by atoms with Crippen LogP contribution in [0.4, 0.5) is 4.39 Å². The quantitative estimate of drug-likeness (QED) is 0.750. The summed E-state index contributed by atoms with van der Waals surface area (Å²) in [5.74, 6) is 0.0468. The van der Waals surface area contributed by atoms with Crippen molar-refractivity contribution in [3.8, 4) is 0 Å². The molecule has 0 saturated carbocycles. The van der Waals surface area contributed by atoms with E-state index in [0.29, 0.717) is 30.0 Å². The fourth-order valence-electron chi connectivity index (χ4n) is 3.45. The molecular formula is C21H20FN3O3. The van der Waals surface area contributed by atoms with Gasteiger partial charge >= 0.3 is 0 Å². The fraction of sp³-hybridized carbons (Fsp3) is 0.286. The number of amides is 1. The Kier molecular flexibility index (Phi) is 5.16. The Hall–Kier alpha value is -3.06. The highest BCUT2D eigenvalue weighted by Crippen LogP contribution is 2.28. The molecule has 1 unspecified atom stereocenters. The van der Waals surface area contributed by atoms with Crippen molar-refractivity contribution in [3.05, 3.63) is 83.3 Å². The molecule has 1 aliphatic heterocycles. The van der Waals surface area contributed by atoms with Gasteiger partial charge in [-0.25, -0.2) is 4.39 Å². The van der Waals surface area contributed by atoms with Gasteiger partial charge in [0.25, 0.3) is 11.8 Å². The summed E-state index contributed by atoms with van der Waals surface area (Å²) < 4.78 is 18.4. The Bertz CT molecular complexity index is 943. The average Bonchev–Trinajstić information content (AvgIpc) is 3.24. The summed E-state index contributed by atoms with van der Waals surface area (Å²) in [7, 11) is 0. The third kappa shape index (κ3) is 3.80. The van der Waals surface area contributed by atoms with Gasteiger partial charge in [0.05, 0.1) is 0 Å². The summed E-state index contributed by atoms with van der Waals surface area (Å²) in [5, 5.41) is 14.5. The third-order valence-electron chi connectivity index (χ3n) is 4.97. The van der Waals surface area contributed by atoms with Crippen LogP contribution in [-0.4, -0.2) is 39.1 Å². The average molecular weight is 381 g/mol. The van der Waals surface area contributed by atoms with Gasteiger partial charge in [-0.3, -0.25) is 4.79 Å². The molecule has 0 radical (unpaired) electrons. The molecule has 0 spiro atoms. The summed E-state index contributed by atoms with van der Waals surface area (Å²) >= 11 is 0. The summed E-state index contributed by atoms with van der Waals surface area (Å²) in [6.45, 7) is 1.08. The Labute approximate surface area is 161 Å². The van der Waals surface area contributed by atoms with Crippen LogP contribution in [0.1, 0.15) is 52.5 Å². The second kappa shape index (κ2) is 7.90. The highest BCUT2D eigenvalue weighted by atomic mass is 19.1. The number of aromatic nitrogens is 2. The molecule has 2 atom stereocenters. The van der Waals surface area contributed by atoms with E-state index < -0.39 is 6.10 Å². The van der Waals surface area contributed by atoms with Crippen molar-refractivity contribution >= 4 is 5.91 Å². The molecule has 144 valence electrons. The van der Waals surface area contributed by atoms with Gasteiger partial charge in [-0.05, 0) is 42.7 Å². The lowest BCUT2D eigenvalue weighted by Crippen LogP contribution is -2.39. The van der Waals surface area contributed by atoms with Crippen LogP contribution in [0.15, 0.2) is 59.1 Å². The number of aliphatic hydroxyl groups excluding tert-OH is 1. The van der Waals surface area contributed by atoms with Crippen LogP contribution in [0, 0.1) is 5.82 Å². The summed E-state index contributed by atoms with van der Waals surface area (Å²) in [6, 6.07) is 14.6. The lowest BCUT2D eigenvalue weighted by atomic mass is 9.96. The van der Waals surface area contributed by atoms with Gasteiger partial charge in [0.1, 0.15) is 5.82 Å². The van der Waals surface area contributed by atoms with Crippen molar-refractivity contribution in [2.75, 3.05) is 13.1 Å². The van der Waals surface area contributed by atoms with Crippen molar-refractivity contribution in [1.29, 1.82) is 0 Å². The summed E-state index contributed by atoms with van der Waals surface area (Å²) in [6.07, 6.45) is 0.652. The number of piperidine rings is 1. The number of carbonyl (C=O) groups is 1.